The van der Waals surface area contributed by atoms with E-state index in [0.717, 1.165) is 5.56 Å². The van der Waals surface area contributed by atoms with Gasteiger partial charge in [-0.25, -0.2) is 13.1 Å². The number of sulfonamides is 1. The molecule has 2 aromatic rings. The van der Waals surface area contributed by atoms with E-state index >= 15 is 0 Å². The third-order valence-corrected chi connectivity index (χ3v) is 4.93. The Morgan fingerprint density at radius 3 is 2.89 bits per heavy atom. The highest BCUT2D eigenvalue weighted by atomic mass is 32.2. The van der Waals surface area contributed by atoms with E-state index in [9.17, 15) is 8.42 Å². The fraction of sp³-hybridized carbons (Fsp3) is 0.182. The van der Waals surface area contributed by atoms with Crippen molar-refractivity contribution in [2.24, 2.45) is 5.73 Å². The van der Waals surface area contributed by atoms with Crippen LogP contribution in [0.2, 0.25) is 0 Å². The number of nitrogens with one attached hydrogen (secondary N) is 1. The predicted molar refractivity (Wildman–Crippen MR) is 70.5 cm³/mol. The number of hydrogen-bond acceptors (Lipinski definition) is 5. The summed E-state index contributed by atoms with van der Waals surface area (Å²) in [4.78, 5) is 4.85. The normalized spacial score (nSPS) is 11.6. The second kappa shape index (κ2) is 5.57. The fourth-order valence-corrected chi connectivity index (χ4v) is 3.83. The van der Waals surface area contributed by atoms with Gasteiger partial charge in [-0.15, -0.1) is 11.3 Å². The average molecular weight is 283 g/mol. The molecule has 5 nitrogen and oxygen atoms in total. The largest absolute Gasteiger partial charge is 0.326 e. The number of nitrogens with two attached hydrogens (primary N) is 1. The summed E-state index contributed by atoms with van der Waals surface area (Å²) in [7, 11) is -3.51. The molecule has 0 saturated heterocycles. The maximum atomic E-state index is 12.1. The van der Waals surface area contributed by atoms with Crippen molar-refractivity contribution in [3.05, 3.63) is 46.4 Å². The lowest BCUT2D eigenvalue weighted by Crippen LogP contribution is -2.24. The Morgan fingerprint density at radius 2 is 2.22 bits per heavy atom. The van der Waals surface area contributed by atoms with Crippen LogP contribution in [0.3, 0.4) is 0 Å². The van der Waals surface area contributed by atoms with E-state index in [1.807, 2.05) is 6.07 Å². The van der Waals surface area contributed by atoms with Crippen molar-refractivity contribution in [1.29, 1.82) is 0 Å². The van der Waals surface area contributed by atoms with Crippen LogP contribution in [0.4, 0.5) is 0 Å². The monoisotopic (exact) mass is 283 g/mol. The Kier molecular flexibility index (Phi) is 4.07. The summed E-state index contributed by atoms with van der Waals surface area (Å²) in [5.74, 6) is 0. The molecule has 2 heterocycles. The van der Waals surface area contributed by atoms with Crippen LogP contribution in [-0.2, 0) is 23.1 Å². The molecule has 0 aliphatic heterocycles. The topological polar surface area (TPSA) is 85.1 Å². The standard InChI is InChI=1S/C11H13N3O2S2/c12-6-10-11(3-5-17-10)18(15,16)14-8-9-2-1-4-13-7-9/h1-5,7,14H,6,8,12H2. The van der Waals surface area contributed by atoms with Gasteiger partial charge in [-0.1, -0.05) is 6.07 Å². The molecule has 2 aromatic heterocycles. The highest BCUT2D eigenvalue weighted by molar-refractivity contribution is 7.89. The molecule has 96 valence electrons. The van der Waals surface area contributed by atoms with Gasteiger partial charge >= 0.3 is 0 Å². The number of pyridine rings is 1. The first-order valence-electron chi connectivity index (χ1n) is 5.28. The van der Waals surface area contributed by atoms with Crippen LogP contribution in [-0.4, -0.2) is 13.4 Å². The first-order valence-corrected chi connectivity index (χ1v) is 7.65. The molecule has 0 atom stereocenters. The van der Waals surface area contributed by atoms with E-state index in [4.69, 9.17) is 5.73 Å². The number of aromatic nitrogens is 1. The van der Waals surface area contributed by atoms with Crippen molar-refractivity contribution in [2.45, 2.75) is 18.0 Å². The Bertz CT molecular complexity index is 608. The van der Waals surface area contributed by atoms with E-state index in [0.29, 0.717) is 4.88 Å². The van der Waals surface area contributed by atoms with Crippen LogP contribution < -0.4 is 10.5 Å². The summed E-state index contributed by atoms with van der Waals surface area (Å²) >= 11 is 1.34. The van der Waals surface area contributed by atoms with Gasteiger partial charge in [0.15, 0.2) is 0 Å². The summed E-state index contributed by atoms with van der Waals surface area (Å²) in [5, 5.41) is 1.72. The Labute approximate surface area is 110 Å². The third kappa shape index (κ3) is 2.94. The summed E-state index contributed by atoms with van der Waals surface area (Å²) in [6.45, 7) is 0.441. The van der Waals surface area contributed by atoms with Crippen LogP contribution in [0.1, 0.15) is 10.4 Å². The van der Waals surface area contributed by atoms with Crippen LogP contribution in [0.15, 0.2) is 40.9 Å². The second-order valence-electron chi connectivity index (χ2n) is 3.60. The molecule has 0 radical (unpaired) electrons. The molecule has 0 aliphatic carbocycles. The molecule has 2 rings (SSSR count). The summed E-state index contributed by atoms with van der Waals surface area (Å²) in [6, 6.07) is 5.14. The lowest BCUT2D eigenvalue weighted by Gasteiger charge is -2.06. The SMILES string of the molecule is NCc1sccc1S(=O)(=O)NCc1cccnc1. The first-order chi connectivity index (χ1) is 8.63. The molecule has 0 aliphatic rings. The molecule has 0 amide bonds. The zero-order valence-electron chi connectivity index (χ0n) is 9.54. The first kappa shape index (κ1) is 13.2. The second-order valence-corrected chi connectivity index (χ2v) is 6.33. The molecule has 3 N–H and O–H groups in total. The minimum Gasteiger partial charge on any atom is -0.326 e. The van der Waals surface area contributed by atoms with E-state index in [1.165, 1.54) is 11.3 Å². The van der Waals surface area contributed by atoms with Gasteiger partial charge in [-0.3, -0.25) is 4.98 Å². The van der Waals surface area contributed by atoms with Crippen LogP contribution in [0, 0.1) is 0 Å². The van der Waals surface area contributed by atoms with Gasteiger partial charge in [0.05, 0.1) is 4.90 Å². The van der Waals surface area contributed by atoms with Gasteiger partial charge in [0.1, 0.15) is 0 Å². The highest BCUT2D eigenvalue weighted by Crippen LogP contribution is 2.21. The zero-order chi connectivity index (χ0) is 13.0. The van der Waals surface area contributed by atoms with Crippen LogP contribution in [0.25, 0.3) is 0 Å². The lowest BCUT2D eigenvalue weighted by molar-refractivity contribution is 0.580. The third-order valence-electron chi connectivity index (χ3n) is 2.37. The maximum absolute atomic E-state index is 12.1. The smallest absolute Gasteiger partial charge is 0.242 e. The lowest BCUT2D eigenvalue weighted by atomic mass is 10.3. The molecule has 0 saturated carbocycles. The maximum Gasteiger partial charge on any atom is 0.242 e. The van der Waals surface area contributed by atoms with Gasteiger partial charge in [-0.2, -0.15) is 0 Å². The molecule has 0 aromatic carbocycles. The zero-order valence-corrected chi connectivity index (χ0v) is 11.2. The minimum absolute atomic E-state index is 0.218. The van der Waals surface area contributed by atoms with Gasteiger partial charge < -0.3 is 5.73 Å². The van der Waals surface area contributed by atoms with Gasteiger partial charge in [-0.05, 0) is 23.1 Å². The number of nitrogens with zero attached hydrogens (tertiary/aromatic N) is 1. The van der Waals surface area contributed by atoms with Crippen LogP contribution in [0.5, 0.6) is 0 Å². The van der Waals surface area contributed by atoms with Crippen molar-refractivity contribution in [3.8, 4) is 0 Å². The van der Waals surface area contributed by atoms with E-state index < -0.39 is 10.0 Å². The Balaban J connectivity index is 2.13. The van der Waals surface area contributed by atoms with Crippen molar-refractivity contribution < 1.29 is 8.42 Å². The molecule has 7 heteroatoms. The van der Waals surface area contributed by atoms with Crippen molar-refractivity contribution in [3.63, 3.8) is 0 Å². The van der Waals surface area contributed by atoms with E-state index in [1.54, 1.807) is 29.9 Å². The summed E-state index contributed by atoms with van der Waals surface area (Å²) in [6.07, 6.45) is 3.27. The molecular weight excluding hydrogens is 270 g/mol. The number of rotatable bonds is 5. The summed E-state index contributed by atoms with van der Waals surface area (Å²) < 4.78 is 26.7. The van der Waals surface area contributed by atoms with E-state index in [-0.39, 0.29) is 18.0 Å². The molecule has 0 spiro atoms. The minimum atomic E-state index is -3.51. The van der Waals surface area contributed by atoms with Gasteiger partial charge in [0.25, 0.3) is 0 Å². The number of thiophene rings is 1. The Morgan fingerprint density at radius 1 is 1.39 bits per heavy atom. The summed E-state index contributed by atoms with van der Waals surface area (Å²) in [5.41, 5.74) is 6.32. The van der Waals surface area contributed by atoms with E-state index in [2.05, 4.69) is 9.71 Å². The van der Waals surface area contributed by atoms with Crippen molar-refractivity contribution in [1.82, 2.24) is 9.71 Å². The van der Waals surface area contributed by atoms with Gasteiger partial charge in [0.2, 0.25) is 10.0 Å². The van der Waals surface area contributed by atoms with Crippen molar-refractivity contribution in [2.75, 3.05) is 0 Å². The molecule has 0 unspecified atom stereocenters. The highest BCUT2D eigenvalue weighted by Gasteiger charge is 2.18. The molecular formula is C11H13N3O2S2. The molecule has 0 bridgehead atoms. The quantitative estimate of drug-likeness (QED) is 0.860. The molecule has 18 heavy (non-hydrogen) atoms. The Hall–Kier alpha value is -1.28. The molecule has 0 fully saturated rings. The predicted octanol–water partition coefficient (Wildman–Crippen LogP) is 1.08. The number of hydrogen-bond donors (Lipinski definition) is 2. The average Bonchev–Trinajstić information content (AvgIpc) is 2.87. The van der Waals surface area contributed by atoms with Crippen LogP contribution >= 0.6 is 11.3 Å². The van der Waals surface area contributed by atoms with Crippen molar-refractivity contribution >= 4 is 21.4 Å². The van der Waals surface area contributed by atoms with Gasteiger partial charge in [0, 0.05) is 30.4 Å². The fourth-order valence-electron chi connectivity index (χ4n) is 1.48.